The van der Waals surface area contributed by atoms with Crippen LogP contribution in [0.1, 0.15) is 323 Å². The van der Waals surface area contributed by atoms with Gasteiger partial charge in [0.1, 0.15) is 19.3 Å². The second-order valence-electron chi connectivity index (χ2n) is 26.9. The first-order chi connectivity index (χ1) is 51.7. The van der Waals surface area contributed by atoms with Crippen LogP contribution in [-0.4, -0.2) is 96.7 Å². The van der Waals surface area contributed by atoms with Crippen LogP contribution in [-0.2, 0) is 65.4 Å². The van der Waals surface area contributed by atoms with E-state index >= 15 is 0 Å². The molecular weight excluding hydrogens is 1380 g/mol. The van der Waals surface area contributed by atoms with Crippen LogP contribution in [0.3, 0.4) is 0 Å². The molecule has 0 radical (unpaired) electrons. The first-order valence-electron chi connectivity index (χ1n) is 41.1. The van der Waals surface area contributed by atoms with E-state index < -0.39 is 97.5 Å². The molecule has 0 saturated heterocycles. The zero-order chi connectivity index (χ0) is 77.4. The number of esters is 4. The lowest BCUT2D eigenvalue weighted by atomic mass is 10.1. The van der Waals surface area contributed by atoms with Crippen LogP contribution in [0.15, 0.2) is 146 Å². The molecule has 0 aliphatic rings. The lowest BCUT2D eigenvalue weighted by Crippen LogP contribution is -2.30. The average Bonchev–Trinajstić information content (AvgIpc) is 0.919. The molecule has 5 unspecified atom stereocenters. The van der Waals surface area contributed by atoms with Crippen LogP contribution < -0.4 is 0 Å². The van der Waals surface area contributed by atoms with E-state index in [9.17, 15) is 43.2 Å². The van der Waals surface area contributed by atoms with Crippen molar-refractivity contribution >= 4 is 39.5 Å². The van der Waals surface area contributed by atoms with Crippen molar-refractivity contribution < 1.29 is 80.2 Å². The standard InChI is InChI=1S/C87H146O17P2/c1-5-9-13-17-21-25-29-32-35-38-40-43-45-48-52-55-59-63-67-71-84(89)97-77-82(103-86(91)73-69-65-61-57-51-28-24-20-16-12-8-4)79-101-105(93,94)99-75-81(88)76-100-106(95,96)102-80-83(104-87(92)74-70-66-62-58-54-50-47-42-37-34-31-27-23-19-15-11-7-3)78-98-85(90)72-68-64-60-56-53-49-46-44-41-39-36-33-30-26-22-18-14-10-6-2/h10-11,14-15,20-27,32-37,40-41,43-44,47,50,81-83,88H,5-9,12-13,16-19,28-31,38-39,42,45-46,48-49,51-80H2,1-4H3,(H,93,94)(H,95,96)/b14-10-,15-11-,24-20-,25-21-,26-22-,27-23-,35-32-,36-33-,37-34-,43-40-,44-41-,50-47-. The number of aliphatic hydroxyl groups excluding tert-OH is 1. The Morgan fingerprint density at radius 2 is 0.500 bits per heavy atom. The second-order valence-corrected chi connectivity index (χ2v) is 29.8. The van der Waals surface area contributed by atoms with Gasteiger partial charge in [0.15, 0.2) is 12.2 Å². The summed E-state index contributed by atoms with van der Waals surface area (Å²) in [5.74, 6) is -2.24. The number of ether oxygens (including phenoxy) is 4. The molecule has 0 aliphatic carbocycles. The summed E-state index contributed by atoms with van der Waals surface area (Å²) in [5.41, 5.74) is 0. The minimum absolute atomic E-state index is 0.0592. The molecule has 0 spiro atoms. The Bertz CT molecular complexity index is 2580. The van der Waals surface area contributed by atoms with Gasteiger partial charge in [-0.3, -0.25) is 37.3 Å². The highest BCUT2D eigenvalue weighted by atomic mass is 31.2. The summed E-state index contributed by atoms with van der Waals surface area (Å²) < 4.78 is 68.6. The van der Waals surface area contributed by atoms with Crippen LogP contribution in [0.4, 0.5) is 0 Å². The normalized spacial score (nSPS) is 14.6. The first-order valence-corrected chi connectivity index (χ1v) is 44.1. The van der Waals surface area contributed by atoms with E-state index in [0.29, 0.717) is 25.7 Å². The molecule has 0 aromatic heterocycles. The SMILES string of the molecule is CC/C=C\C/C=C\C/C=C\C/C=C\CCCCCCCCC(=O)OCC(COP(=O)(O)OCC(O)COP(=O)(O)OCC(COC(=O)CCCCCCCC/C=C\C/C=C\C/C=C\CCCCC)OC(=O)CCCCCCC/C=C\CCCC)OC(=O)CCCCCC/C=C\C/C=C\C/C=C\C/C=C\CC. The van der Waals surface area contributed by atoms with Gasteiger partial charge in [0.25, 0.3) is 0 Å². The molecule has 0 aliphatic heterocycles. The fourth-order valence-corrected chi connectivity index (χ4v) is 12.1. The summed E-state index contributed by atoms with van der Waals surface area (Å²) in [4.78, 5) is 73.1. The highest BCUT2D eigenvalue weighted by Gasteiger charge is 2.30. The van der Waals surface area contributed by atoms with Gasteiger partial charge in [0, 0.05) is 25.7 Å². The van der Waals surface area contributed by atoms with Crippen LogP contribution in [0, 0.1) is 0 Å². The minimum Gasteiger partial charge on any atom is -0.462 e. The first kappa shape index (κ1) is 101. The zero-order valence-electron chi connectivity index (χ0n) is 66.3. The molecule has 0 amide bonds. The molecule has 106 heavy (non-hydrogen) atoms. The molecule has 17 nitrogen and oxygen atoms in total. The van der Waals surface area contributed by atoms with E-state index in [4.69, 9.17) is 37.0 Å². The zero-order valence-corrected chi connectivity index (χ0v) is 68.1. The summed E-state index contributed by atoms with van der Waals surface area (Å²) in [6, 6.07) is 0. The number of carbonyl (C=O) groups excluding carboxylic acids is 4. The van der Waals surface area contributed by atoms with E-state index in [0.717, 1.165) is 212 Å². The third kappa shape index (κ3) is 77.1. The predicted octanol–water partition coefficient (Wildman–Crippen LogP) is 24.2. The highest BCUT2D eigenvalue weighted by Crippen LogP contribution is 2.45. The Labute approximate surface area is 643 Å². The molecule has 19 heteroatoms. The van der Waals surface area contributed by atoms with E-state index in [1.165, 1.54) is 32.1 Å². The quantitative estimate of drug-likeness (QED) is 0.0169. The Hall–Kier alpha value is -5.06. The van der Waals surface area contributed by atoms with Gasteiger partial charge in [-0.05, 0) is 161 Å². The fraction of sp³-hybridized carbons (Fsp3) is 0.678. The van der Waals surface area contributed by atoms with Crippen molar-refractivity contribution in [2.75, 3.05) is 39.6 Å². The van der Waals surface area contributed by atoms with Gasteiger partial charge in [-0.25, -0.2) is 9.13 Å². The number of hydrogen-bond acceptors (Lipinski definition) is 15. The molecule has 0 aromatic rings. The van der Waals surface area contributed by atoms with Gasteiger partial charge in [-0.1, -0.05) is 283 Å². The van der Waals surface area contributed by atoms with Crippen molar-refractivity contribution in [3.63, 3.8) is 0 Å². The van der Waals surface area contributed by atoms with Gasteiger partial charge in [-0.15, -0.1) is 0 Å². The maximum atomic E-state index is 13.1. The largest absolute Gasteiger partial charge is 0.472 e. The Morgan fingerprint density at radius 1 is 0.274 bits per heavy atom. The third-order valence-electron chi connectivity index (χ3n) is 16.8. The number of aliphatic hydroxyl groups is 1. The summed E-state index contributed by atoms with van der Waals surface area (Å²) in [6.45, 7) is 4.53. The lowest BCUT2D eigenvalue weighted by Gasteiger charge is -2.21. The van der Waals surface area contributed by atoms with Crippen LogP contribution in [0.2, 0.25) is 0 Å². The number of rotatable bonds is 76. The molecule has 0 heterocycles. The van der Waals surface area contributed by atoms with E-state index in [-0.39, 0.29) is 25.7 Å². The van der Waals surface area contributed by atoms with Crippen LogP contribution in [0.25, 0.3) is 0 Å². The van der Waals surface area contributed by atoms with Gasteiger partial charge in [0.2, 0.25) is 0 Å². The Balaban J connectivity index is 5.38. The molecule has 0 rings (SSSR count). The average molecular weight is 1530 g/mol. The minimum atomic E-state index is -5.00. The molecule has 0 aromatic carbocycles. The number of carbonyl (C=O) groups is 4. The van der Waals surface area contributed by atoms with Crippen molar-refractivity contribution in [1.29, 1.82) is 0 Å². The number of phosphoric acid groups is 2. The lowest BCUT2D eigenvalue weighted by molar-refractivity contribution is -0.161. The second kappa shape index (κ2) is 78.1. The molecule has 0 bridgehead atoms. The summed E-state index contributed by atoms with van der Waals surface area (Å²) in [7, 11) is -9.98. The van der Waals surface area contributed by atoms with Crippen molar-refractivity contribution in [3.8, 4) is 0 Å². The fourth-order valence-electron chi connectivity index (χ4n) is 10.5. The summed E-state index contributed by atoms with van der Waals surface area (Å²) in [5, 5.41) is 10.6. The van der Waals surface area contributed by atoms with Crippen LogP contribution in [0.5, 0.6) is 0 Å². The van der Waals surface area contributed by atoms with Gasteiger partial charge < -0.3 is 33.8 Å². The van der Waals surface area contributed by atoms with Crippen molar-refractivity contribution in [2.24, 2.45) is 0 Å². The van der Waals surface area contributed by atoms with Gasteiger partial charge >= 0.3 is 39.5 Å². The molecular formula is C87H146O17P2. The van der Waals surface area contributed by atoms with Crippen molar-refractivity contribution in [2.45, 2.75) is 341 Å². The molecule has 0 fully saturated rings. The maximum absolute atomic E-state index is 13.1. The maximum Gasteiger partial charge on any atom is 0.472 e. The van der Waals surface area contributed by atoms with Crippen molar-refractivity contribution in [1.82, 2.24) is 0 Å². The summed E-state index contributed by atoms with van der Waals surface area (Å²) in [6.07, 6.45) is 89.6. The van der Waals surface area contributed by atoms with E-state index in [1.54, 1.807) is 0 Å². The predicted molar refractivity (Wildman–Crippen MR) is 436 cm³/mol. The van der Waals surface area contributed by atoms with E-state index in [2.05, 4.69) is 174 Å². The van der Waals surface area contributed by atoms with Gasteiger partial charge in [0.05, 0.1) is 26.4 Å². The highest BCUT2D eigenvalue weighted by molar-refractivity contribution is 7.47. The van der Waals surface area contributed by atoms with Crippen LogP contribution >= 0.6 is 15.6 Å². The van der Waals surface area contributed by atoms with Crippen molar-refractivity contribution in [3.05, 3.63) is 146 Å². The Kier molecular flexibility index (Phi) is 74.3. The number of unbranched alkanes of at least 4 members (excludes halogenated alkanes) is 26. The van der Waals surface area contributed by atoms with Gasteiger partial charge in [-0.2, -0.15) is 0 Å². The molecule has 5 atom stereocenters. The number of phosphoric ester groups is 2. The topological polar surface area (TPSA) is 237 Å². The summed E-state index contributed by atoms with van der Waals surface area (Å²) >= 11 is 0. The molecule has 606 valence electrons. The molecule has 0 saturated carbocycles. The Morgan fingerprint density at radius 3 is 0.792 bits per heavy atom. The number of allylic oxidation sites excluding steroid dienone is 24. The monoisotopic (exact) mass is 1530 g/mol. The third-order valence-corrected chi connectivity index (χ3v) is 18.7. The smallest absolute Gasteiger partial charge is 0.462 e. The van der Waals surface area contributed by atoms with E-state index in [1.807, 2.05) is 0 Å². The molecule has 3 N–H and O–H groups in total. The number of hydrogen-bond donors (Lipinski definition) is 3.